The van der Waals surface area contributed by atoms with Gasteiger partial charge in [-0.15, -0.1) is 11.3 Å². The van der Waals surface area contributed by atoms with E-state index < -0.39 is 23.5 Å². The Morgan fingerprint density at radius 1 is 1.28 bits per heavy atom. The monoisotopic (exact) mass is 411 g/mol. The van der Waals surface area contributed by atoms with Crippen molar-refractivity contribution in [1.29, 1.82) is 0 Å². The molecule has 0 bridgehead atoms. The van der Waals surface area contributed by atoms with Gasteiger partial charge in [0.2, 0.25) is 5.78 Å². The van der Waals surface area contributed by atoms with Gasteiger partial charge in [0, 0.05) is 16.8 Å². The molecule has 7 heteroatoms. The molecule has 1 N–H and O–H groups in total. The average Bonchev–Trinajstić information content (AvgIpc) is 3.41. The fraction of sp³-hybridized carbons (Fsp3) is 0.273. The van der Waals surface area contributed by atoms with Crippen molar-refractivity contribution in [2.75, 3.05) is 13.2 Å². The van der Waals surface area contributed by atoms with Gasteiger partial charge in [0.1, 0.15) is 5.58 Å². The van der Waals surface area contributed by atoms with Gasteiger partial charge in [0.15, 0.2) is 11.5 Å². The molecule has 1 atom stereocenters. The molecule has 1 aliphatic rings. The van der Waals surface area contributed by atoms with Crippen molar-refractivity contribution < 1.29 is 23.8 Å². The van der Waals surface area contributed by atoms with Crippen molar-refractivity contribution in [3.8, 4) is 0 Å². The van der Waals surface area contributed by atoms with E-state index in [1.165, 1.54) is 16.2 Å². The van der Waals surface area contributed by atoms with Crippen LogP contribution in [0, 0.1) is 0 Å². The Labute approximate surface area is 172 Å². The summed E-state index contributed by atoms with van der Waals surface area (Å²) in [6.45, 7) is 4.40. The van der Waals surface area contributed by atoms with E-state index in [0.29, 0.717) is 12.2 Å². The summed E-state index contributed by atoms with van der Waals surface area (Å²) in [5.74, 6) is -1.49. The number of amides is 1. The Balaban J connectivity index is 1.71. The van der Waals surface area contributed by atoms with Crippen LogP contribution in [-0.4, -0.2) is 41.0 Å². The zero-order valence-electron chi connectivity index (χ0n) is 16.1. The van der Waals surface area contributed by atoms with Crippen molar-refractivity contribution in [2.45, 2.75) is 26.0 Å². The van der Waals surface area contributed by atoms with E-state index in [-0.39, 0.29) is 24.0 Å². The number of ether oxygens (including phenoxy) is 1. The van der Waals surface area contributed by atoms with Crippen molar-refractivity contribution in [2.24, 2.45) is 0 Å². The van der Waals surface area contributed by atoms with E-state index in [9.17, 15) is 14.7 Å². The van der Waals surface area contributed by atoms with E-state index >= 15 is 0 Å². The summed E-state index contributed by atoms with van der Waals surface area (Å²) < 4.78 is 11.3. The molecule has 1 unspecified atom stereocenters. The Bertz CT molecular complexity index is 1050. The topological polar surface area (TPSA) is 80.0 Å². The zero-order chi connectivity index (χ0) is 20.5. The molecule has 0 spiro atoms. The molecule has 4 rings (SSSR count). The summed E-state index contributed by atoms with van der Waals surface area (Å²) in [6, 6.07) is 12.0. The molecule has 1 aromatic carbocycles. The number of aliphatic hydroxyl groups excluding tert-OH is 1. The first kappa shape index (κ1) is 19.4. The predicted molar refractivity (Wildman–Crippen MR) is 110 cm³/mol. The lowest BCUT2D eigenvalue weighted by atomic mass is 10.0. The highest BCUT2D eigenvalue weighted by Crippen LogP contribution is 2.41. The Morgan fingerprint density at radius 3 is 2.76 bits per heavy atom. The summed E-state index contributed by atoms with van der Waals surface area (Å²) in [5.41, 5.74) is 0.621. The van der Waals surface area contributed by atoms with E-state index in [1.807, 2.05) is 49.6 Å². The first-order valence-corrected chi connectivity index (χ1v) is 10.3. The van der Waals surface area contributed by atoms with Crippen molar-refractivity contribution in [3.63, 3.8) is 0 Å². The van der Waals surface area contributed by atoms with E-state index in [2.05, 4.69) is 0 Å². The summed E-state index contributed by atoms with van der Waals surface area (Å²) in [7, 11) is 0. The Kier molecular flexibility index (Phi) is 5.25. The molecule has 2 aromatic heterocycles. The highest BCUT2D eigenvalue weighted by atomic mass is 32.1. The summed E-state index contributed by atoms with van der Waals surface area (Å²) in [6.07, 6.45) is 0.0195. The van der Waals surface area contributed by atoms with Crippen LogP contribution in [0.2, 0.25) is 0 Å². The predicted octanol–water partition coefficient (Wildman–Crippen LogP) is 4.50. The lowest BCUT2D eigenvalue weighted by Gasteiger charge is -2.25. The standard InChI is InChI=1S/C22H21NO5S/c1-13(2)27-10-9-23-19(17-8-5-11-29-17)18(21(25)22(23)26)20(24)16-12-14-6-3-4-7-15(14)28-16/h3-8,11-13,19,25H,9-10H2,1-2H3. The summed E-state index contributed by atoms with van der Waals surface area (Å²) in [4.78, 5) is 28.4. The summed E-state index contributed by atoms with van der Waals surface area (Å²) in [5, 5.41) is 13.3. The number of rotatable bonds is 7. The number of hydrogen-bond acceptors (Lipinski definition) is 6. The lowest BCUT2D eigenvalue weighted by Crippen LogP contribution is -2.34. The van der Waals surface area contributed by atoms with Gasteiger partial charge in [-0.3, -0.25) is 9.59 Å². The van der Waals surface area contributed by atoms with Crippen LogP contribution in [0.4, 0.5) is 0 Å². The highest BCUT2D eigenvalue weighted by molar-refractivity contribution is 7.10. The number of Topliss-reactive ketones (excluding diaryl/α,β-unsaturated/α-hetero) is 1. The van der Waals surface area contributed by atoms with Gasteiger partial charge >= 0.3 is 0 Å². The highest BCUT2D eigenvalue weighted by Gasteiger charge is 2.44. The third-order valence-electron chi connectivity index (χ3n) is 4.79. The molecule has 1 amide bonds. The van der Waals surface area contributed by atoms with Gasteiger partial charge in [-0.2, -0.15) is 0 Å². The van der Waals surface area contributed by atoms with Crippen LogP contribution in [0.25, 0.3) is 11.0 Å². The second-order valence-electron chi connectivity index (χ2n) is 7.08. The van der Waals surface area contributed by atoms with Crippen molar-refractivity contribution in [3.05, 3.63) is 69.8 Å². The minimum absolute atomic E-state index is 0.0195. The smallest absolute Gasteiger partial charge is 0.290 e. The van der Waals surface area contributed by atoms with Crippen molar-refractivity contribution in [1.82, 2.24) is 4.90 Å². The quantitative estimate of drug-likeness (QED) is 0.579. The maximum atomic E-state index is 13.3. The number of benzene rings is 1. The molecule has 0 fully saturated rings. The molecule has 29 heavy (non-hydrogen) atoms. The number of furan rings is 1. The average molecular weight is 411 g/mol. The molecule has 3 heterocycles. The first-order valence-electron chi connectivity index (χ1n) is 9.39. The van der Waals surface area contributed by atoms with Crippen LogP contribution in [0.15, 0.2) is 63.6 Å². The van der Waals surface area contributed by atoms with Gasteiger partial charge in [-0.05, 0) is 37.4 Å². The number of thiophene rings is 1. The largest absolute Gasteiger partial charge is 0.503 e. The van der Waals surface area contributed by atoms with E-state index in [4.69, 9.17) is 9.15 Å². The fourth-order valence-electron chi connectivity index (χ4n) is 3.47. The Morgan fingerprint density at radius 2 is 2.07 bits per heavy atom. The SMILES string of the molecule is CC(C)OCCN1C(=O)C(O)=C(C(=O)c2cc3ccccc3o2)C1c1cccs1. The van der Waals surface area contributed by atoms with Gasteiger partial charge in [0.25, 0.3) is 5.91 Å². The maximum Gasteiger partial charge on any atom is 0.290 e. The number of para-hydroxylation sites is 1. The first-order chi connectivity index (χ1) is 14.0. The maximum absolute atomic E-state index is 13.3. The molecule has 0 saturated heterocycles. The molecule has 0 aliphatic carbocycles. The third-order valence-corrected chi connectivity index (χ3v) is 5.72. The second kappa shape index (κ2) is 7.85. The second-order valence-corrected chi connectivity index (χ2v) is 8.06. The van der Waals surface area contributed by atoms with Gasteiger partial charge in [-0.25, -0.2) is 0 Å². The number of nitrogens with zero attached hydrogens (tertiary/aromatic N) is 1. The van der Waals surface area contributed by atoms with Crippen LogP contribution >= 0.6 is 11.3 Å². The number of ketones is 1. The number of carbonyl (C=O) groups is 2. The molecular weight excluding hydrogens is 390 g/mol. The van der Waals surface area contributed by atoms with Crippen LogP contribution in [0.5, 0.6) is 0 Å². The number of carbonyl (C=O) groups excluding carboxylic acids is 2. The van der Waals surface area contributed by atoms with Gasteiger partial charge < -0.3 is 19.2 Å². The molecular formula is C22H21NO5S. The van der Waals surface area contributed by atoms with Crippen LogP contribution < -0.4 is 0 Å². The molecule has 150 valence electrons. The van der Waals surface area contributed by atoms with Gasteiger partial charge in [0.05, 0.1) is 24.3 Å². The summed E-state index contributed by atoms with van der Waals surface area (Å²) >= 11 is 1.43. The van der Waals surface area contributed by atoms with Crippen LogP contribution in [-0.2, 0) is 9.53 Å². The van der Waals surface area contributed by atoms with Crippen LogP contribution in [0.1, 0.15) is 35.3 Å². The van der Waals surface area contributed by atoms with E-state index in [0.717, 1.165) is 10.3 Å². The fourth-order valence-corrected chi connectivity index (χ4v) is 4.32. The number of fused-ring (bicyclic) bond motifs is 1. The minimum Gasteiger partial charge on any atom is -0.503 e. The van der Waals surface area contributed by atoms with Crippen LogP contribution in [0.3, 0.4) is 0 Å². The number of aliphatic hydroxyl groups is 1. The van der Waals surface area contributed by atoms with Crippen molar-refractivity contribution >= 4 is 34.0 Å². The molecule has 6 nitrogen and oxygen atoms in total. The molecule has 1 aliphatic heterocycles. The molecule has 3 aromatic rings. The lowest BCUT2D eigenvalue weighted by molar-refractivity contribution is -0.130. The minimum atomic E-state index is -0.668. The van der Waals surface area contributed by atoms with E-state index in [1.54, 1.807) is 12.1 Å². The molecule has 0 radical (unpaired) electrons. The zero-order valence-corrected chi connectivity index (χ0v) is 16.9. The number of hydrogen-bond donors (Lipinski definition) is 1. The Hall–Kier alpha value is -2.90. The van der Waals surface area contributed by atoms with Gasteiger partial charge in [-0.1, -0.05) is 24.3 Å². The normalized spacial score (nSPS) is 17.1. The molecule has 0 saturated carbocycles. The third kappa shape index (κ3) is 3.59.